The molecule has 2 aromatic heterocycles. The highest BCUT2D eigenvalue weighted by Crippen LogP contribution is 2.19. The van der Waals surface area contributed by atoms with Gasteiger partial charge in [0.25, 0.3) is 0 Å². The van der Waals surface area contributed by atoms with Crippen molar-refractivity contribution in [3.8, 4) is 11.8 Å². The molecule has 3 rings (SSSR count). The zero-order valence-corrected chi connectivity index (χ0v) is 11.1. The number of halogens is 1. The van der Waals surface area contributed by atoms with E-state index in [4.69, 9.17) is 5.26 Å². The maximum Gasteiger partial charge on any atom is 0.186 e. The van der Waals surface area contributed by atoms with Crippen LogP contribution in [0.1, 0.15) is 16.3 Å². The molecule has 0 aliphatic heterocycles. The lowest BCUT2D eigenvalue weighted by molar-refractivity contribution is 0.624. The van der Waals surface area contributed by atoms with Crippen LogP contribution in [0.2, 0.25) is 0 Å². The molecule has 6 heteroatoms. The van der Waals surface area contributed by atoms with Gasteiger partial charge in [0.1, 0.15) is 11.9 Å². The van der Waals surface area contributed by atoms with Gasteiger partial charge in [-0.3, -0.25) is 0 Å². The van der Waals surface area contributed by atoms with E-state index >= 15 is 0 Å². The molecule has 0 spiro atoms. The molecule has 0 N–H and O–H groups in total. The van der Waals surface area contributed by atoms with Crippen LogP contribution in [-0.2, 0) is 6.42 Å². The highest BCUT2D eigenvalue weighted by atomic mass is 32.1. The average Bonchev–Trinajstić information content (AvgIpc) is 3.08. The second kappa shape index (κ2) is 5.23. The molecule has 0 saturated carbocycles. The first-order chi connectivity index (χ1) is 9.78. The van der Waals surface area contributed by atoms with E-state index in [9.17, 15) is 4.39 Å². The summed E-state index contributed by atoms with van der Waals surface area (Å²) in [6.07, 6.45) is 0.546. The lowest BCUT2D eigenvalue weighted by Gasteiger charge is -2.05. The SMILES string of the molecule is N#Cc1nnn(-c2cccc(F)c2)c1Cc1cccs1. The van der Waals surface area contributed by atoms with Gasteiger partial charge in [0.15, 0.2) is 5.69 Å². The molecule has 0 atom stereocenters. The number of rotatable bonds is 3. The maximum absolute atomic E-state index is 13.3. The molecule has 20 heavy (non-hydrogen) atoms. The topological polar surface area (TPSA) is 54.5 Å². The number of hydrogen-bond acceptors (Lipinski definition) is 4. The summed E-state index contributed by atoms with van der Waals surface area (Å²) in [7, 11) is 0. The van der Waals surface area contributed by atoms with E-state index in [2.05, 4.69) is 10.3 Å². The lowest BCUT2D eigenvalue weighted by Crippen LogP contribution is -2.03. The normalized spacial score (nSPS) is 10.4. The van der Waals surface area contributed by atoms with Gasteiger partial charge in [-0.15, -0.1) is 16.4 Å². The van der Waals surface area contributed by atoms with Gasteiger partial charge in [-0.2, -0.15) is 5.26 Å². The number of benzene rings is 1. The van der Waals surface area contributed by atoms with Gasteiger partial charge in [0, 0.05) is 11.3 Å². The molecule has 0 radical (unpaired) electrons. The standard InChI is InChI=1S/C14H9FN4S/c15-10-3-1-4-11(7-10)19-14(13(9-16)17-18-19)8-12-5-2-6-20-12/h1-7H,8H2. The second-order valence-corrected chi connectivity index (χ2v) is 5.18. The Bertz CT molecular complexity index is 771. The van der Waals surface area contributed by atoms with Gasteiger partial charge in [-0.25, -0.2) is 9.07 Å². The Hall–Kier alpha value is -2.52. The van der Waals surface area contributed by atoms with Crippen LogP contribution in [0, 0.1) is 17.1 Å². The summed E-state index contributed by atoms with van der Waals surface area (Å²) < 4.78 is 14.8. The second-order valence-electron chi connectivity index (χ2n) is 4.14. The summed E-state index contributed by atoms with van der Waals surface area (Å²) in [6, 6.07) is 12.0. The summed E-state index contributed by atoms with van der Waals surface area (Å²) >= 11 is 1.60. The fourth-order valence-corrected chi connectivity index (χ4v) is 2.65. The van der Waals surface area contributed by atoms with Crippen molar-refractivity contribution in [3.05, 3.63) is 63.9 Å². The van der Waals surface area contributed by atoms with E-state index in [0.717, 1.165) is 4.88 Å². The minimum Gasteiger partial charge on any atom is -0.216 e. The Morgan fingerprint density at radius 3 is 2.90 bits per heavy atom. The lowest BCUT2D eigenvalue weighted by atomic mass is 10.2. The van der Waals surface area contributed by atoms with E-state index in [-0.39, 0.29) is 11.5 Å². The molecule has 2 heterocycles. The molecule has 0 aliphatic carbocycles. The van der Waals surface area contributed by atoms with Gasteiger partial charge in [0.05, 0.1) is 11.4 Å². The van der Waals surface area contributed by atoms with Crippen LogP contribution in [0.15, 0.2) is 41.8 Å². The third kappa shape index (κ3) is 2.31. The van der Waals surface area contributed by atoms with Crippen molar-refractivity contribution in [1.82, 2.24) is 15.0 Å². The molecular formula is C14H9FN4S. The van der Waals surface area contributed by atoms with E-state index in [0.29, 0.717) is 17.8 Å². The maximum atomic E-state index is 13.3. The first-order valence-corrected chi connectivity index (χ1v) is 6.79. The third-order valence-corrected chi connectivity index (χ3v) is 3.72. The highest BCUT2D eigenvalue weighted by Gasteiger charge is 2.15. The predicted octanol–water partition coefficient (Wildman–Crippen LogP) is 2.93. The number of hydrogen-bond donors (Lipinski definition) is 0. The Kier molecular flexibility index (Phi) is 3.27. The summed E-state index contributed by atoms with van der Waals surface area (Å²) in [4.78, 5) is 1.10. The van der Waals surface area contributed by atoms with Crippen molar-refractivity contribution in [3.63, 3.8) is 0 Å². The zero-order valence-electron chi connectivity index (χ0n) is 10.3. The quantitative estimate of drug-likeness (QED) is 0.743. The molecular weight excluding hydrogens is 275 g/mol. The van der Waals surface area contributed by atoms with Crippen molar-refractivity contribution < 1.29 is 4.39 Å². The van der Waals surface area contributed by atoms with E-state index in [1.54, 1.807) is 23.5 Å². The van der Waals surface area contributed by atoms with Crippen LogP contribution < -0.4 is 0 Å². The smallest absolute Gasteiger partial charge is 0.186 e. The van der Waals surface area contributed by atoms with Gasteiger partial charge in [0.2, 0.25) is 0 Å². The van der Waals surface area contributed by atoms with Crippen molar-refractivity contribution in [2.75, 3.05) is 0 Å². The van der Waals surface area contributed by atoms with Gasteiger partial charge in [-0.1, -0.05) is 17.3 Å². The largest absolute Gasteiger partial charge is 0.216 e. The molecule has 0 fully saturated rings. The fraction of sp³-hybridized carbons (Fsp3) is 0.0714. The third-order valence-electron chi connectivity index (χ3n) is 2.84. The fourth-order valence-electron chi connectivity index (χ4n) is 1.94. The molecule has 4 nitrogen and oxygen atoms in total. The minimum absolute atomic E-state index is 0.266. The monoisotopic (exact) mass is 284 g/mol. The Morgan fingerprint density at radius 1 is 1.30 bits per heavy atom. The molecule has 98 valence electrons. The van der Waals surface area contributed by atoms with Crippen molar-refractivity contribution in [2.45, 2.75) is 6.42 Å². The van der Waals surface area contributed by atoms with Gasteiger partial charge in [-0.05, 0) is 29.6 Å². The molecule has 0 bridgehead atoms. The van der Waals surface area contributed by atoms with Gasteiger partial charge < -0.3 is 0 Å². The average molecular weight is 284 g/mol. The molecule has 0 unspecified atom stereocenters. The van der Waals surface area contributed by atoms with Crippen LogP contribution in [0.4, 0.5) is 4.39 Å². The number of nitrogens with zero attached hydrogens (tertiary/aromatic N) is 4. The highest BCUT2D eigenvalue weighted by molar-refractivity contribution is 7.09. The van der Waals surface area contributed by atoms with Gasteiger partial charge >= 0.3 is 0 Å². The Morgan fingerprint density at radius 2 is 2.20 bits per heavy atom. The van der Waals surface area contributed by atoms with Crippen LogP contribution in [0.5, 0.6) is 0 Å². The zero-order chi connectivity index (χ0) is 13.9. The number of nitriles is 1. The van der Waals surface area contributed by atoms with Crippen molar-refractivity contribution >= 4 is 11.3 Å². The van der Waals surface area contributed by atoms with Crippen LogP contribution in [-0.4, -0.2) is 15.0 Å². The molecule has 3 aromatic rings. The van der Waals surface area contributed by atoms with Crippen LogP contribution >= 0.6 is 11.3 Å². The minimum atomic E-state index is -0.349. The molecule has 0 saturated heterocycles. The van der Waals surface area contributed by atoms with Crippen LogP contribution in [0.3, 0.4) is 0 Å². The summed E-state index contributed by atoms with van der Waals surface area (Å²) in [5.74, 6) is -0.349. The van der Waals surface area contributed by atoms with E-state index < -0.39 is 0 Å². The molecule has 0 amide bonds. The Labute approximate surface area is 118 Å². The van der Waals surface area contributed by atoms with E-state index in [1.165, 1.54) is 16.8 Å². The predicted molar refractivity (Wildman–Crippen MR) is 73.2 cm³/mol. The summed E-state index contributed by atoms with van der Waals surface area (Å²) in [5.41, 5.74) is 1.49. The van der Waals surface area contributed by atoms with Crippen LogP contribution in [0.25, 0.3) is 5.69 Å². The summed E-state index contributed by atoms with van der Waals surface area (Å²) in [5, 5.41) is 18.9. The number of thiophene rings is 1. The number of aromatic nitrogens is 3. The van der Waals surface area contributed by atoms with E-state index in [1.807, 2.05) is 23.6 Å². The molecule has 1 aromatic carbocycles. The first kappa shape index (κ1) is 12.5. The summed E-state index contributed by atoms with van der Waals surface area (Å²) in [6.45, 7) is 0. The Balaban J connectivity index is 2.08. The van der Waals surface area contributed by atoms with Crippen molar-refractivity contribution in [2.24, 2.45) is 0 Å². The molecule has 0 aliphatic rings. The first-order valence-electron chi connectivity index (χ1n) is 5.91. The van der Waals surface area contributed by atoms with Crippen molar-refractivity contribution in [1.29, 1.82) is 5.26 Å².